The Labute approximate surface area is 74.6 Å². The third kappa shape index (κ3) is 6.58. The predicted octanol–water partition coefficient (Wildman–Crippen LogP) is 0.985. The van der Waals surface area contributed by atoms with Crippen molar-refractivity contribution in [2.24, 2.45) is 5.73 Å². The molecule has 0 aromatic carbocycles. The first-order valence-corrected chi connectivity index (χ1v) is 4.80. The highest BCUT2D eigenvalue weighted by molar-refractivity contribution is 4.62. The van der Waals surface area contributed by atoms with Crippen molar-refractivity contribution in [1.82, 2.24) is 0 Å². The lowest BCUT2D eigenvalue weighted by Gasteiger charge is -2.12. The molecule has 0 bridgehead atoms. The average molecular weight is 175 g/mol. The smallest absolute Gasteiger partial charge is 0.166 e. The van der Waals surface area contributed by atoms with Gasteiger partial charge in [0.25, 0.3) is 0 Å². The summed E-state index contributed by atoms with van der Waals surface area (Å²) in [6.07, 6.45) is 5.22. The molecule has 74 valence electrons. The van der Waals surface area contributed by atoms with Gasteiger partial charge in [-0.05, 0) is 6.42 Å². The van der Waals surface area contributed by atoms with Gasteiger partial charge in [-0.15, -0.1) is 0 Å². The summed E-state index contributed by atoms with van der Waals surface area (Å²) >= 11 is 0. The molecule has 0 aliphatic heterocycles. The summed E-state index contributed by atoms with van der Waals surface area (Å²) in [6, 6.07) is -0.466. The van der Waals surface area contributed by atoms with Crippen LogP contribution >= 0.6 is 0 Å². The van der Waals surface area contributed by atoms with E-state index in [1.54, 1.807) is 0 Å². The maximum absolute atomic E-state index is 8.65. The molecular formula is C9H21NO2. The molecule has 0 saturated carbocycles. The first kappa shape index (κ1) is 11.9. The highest BCUT2D eigenvalue weighted by Crippen LogP contribution is 2.07. The van der Waals surface area contributed by atoms with E-state index in [9.17, 15) is 0 Å². The Morgan fingerprint density at radius 3 is 2.17 bits per heavy atom. The molecule has 0 radical (unpaired) electrons. The lowest BCUT2D eigenvalue weighted by Crippen LogP contribution is -2.34. The fourth-order valence-corrected chi connectivity index (χ4v) is 1.13. The Bertz CT molecular complexity index is 96.5. The standard InChI is InChI=1S/C9H21NO2/c1-2-3-4-5-6-7-8(10)9(11)12/h8-9,11-12H,2-7,10H2,1H3. The molecule has 0 spiro atoms. The molecule has 0 amide bonds. The van der Waals surface area contributed by atoms with Crippen LogP contribution in [0.1, 0.15) is 45.4 Å². The van der Waals surface area contributed by atoms with Crippen molar-refractivity contribution in [1.29, 1.82) is 0 Å². The number of nitrogens with two attached hydrogens (primary N) is 1. The van der Waals surface area contributed by atoms with E-state index in [4.69, 9.17) is 15.9 Å². The van der Waals surface area contributed by atoms with E-state index in [0.717, 1.165) is 12.8 Å². The monoisotopic (exact) mass is 175 g/mol. The van der Waals surface area contributed by atoms with Crippen molar-refractivity contribution in [3.63, 3.8) is 0 Å². The molecule has 0 aliphatic rings. The summed E-state index contributed by atoms with van der Waals surface area (Å²) in [7, 11) is 0. The summed E-state index contributed by atoms with van der Waals surface area (Å²) < 4.78 is 0. The van der Waals surface area contributed by atoms with Crippen LogP contribution in [0.3, 0.4) is 0 Å². The topological polar surface area (TPSA) is 66.5 Å². The third-order valence-electron chi connectivity index (χ3n) is 2.02. The van der Waals surface area contributed by atoms with Gasteiger partial charge in [0, 0.05) is 0 Å². The van der Waals surface area contributed by atoms with E-state index in [1.165, 1.54) is 19.3 Å². The van der Waals surface area contributed by atoms with Crippen LogP contribution in [0.25, 0.3) is 0 Å². The van der Waals surface area contributed by atoms with Crippen molar-refractivity contribution >= 4 is 0 Å². The molecule has 0 aromatic rings. The van der Waals surface area contributed by atoms with Crippen LogP contribution in [0, 0.1) is 0 Å². The minimum absolute atomic E-state index is 0.466. The molecule has 0 aromatic heterocycles. The molecule has 0 heterocycles. The number of hydrogen-bond acceptors (Lipinski definition) is 3. The molecule has 1 atom stereocenters. The zero-order valence-electron chi connectivity index (χ0n) is 7.87. The average Bonchev–Trinajstić information content (AvgIpc) is 2.03. The van der Waals surface area contributed by atoms with Gasteiger partial charge in [0.15, 0.2) is 6.29 Å². The lowest BCUT2D eigenvalue weighted by atomic mass is 10.1. The van der Waals surface area contributed by atoms with Crippen LogP contribution in [-0.4, -0.2) is 22.5 Å². The molecule has 4 N–H and O–H groups in total. The first-order chi connectivity index (χ1) is 5.68. The Morgan fingerprint density at radius 2 is 1.67 bits per heavy atom. The second-order valence-corrected chi connectivity index (χ2v) is 3.28. The summed E-state index contributed by atoms with van der Waals surface area (Å²) in [5, 5.41) is 17.3. The van der Waals surface area contributed by atoms with E-state index in [1.807, 2.05) is 0 Å². The minimum Gasteiger partial charge on any atom is -0.367 e. The normalized spacial score (nSPS) is 13.8. The van der Waals surface area contributed by atoms with E-state index in [0.29, 0.717) is 6.42 Å². The second-order valence-electron chi connectivity index (χ2n) is 3.28. The van der Waals surface area contributed by atoms with Crippen LogP contribution in [0.15, 0.2) is 0 Å². The van der Waals surface area contributed by atoms with Gasteiger partial charge in [-0.1, -0.05) is 39.0 Å². The van der Waals surface area contributed by atoms with Gasteiger partial charge in [0.1, 0.15) is 0 Å². The molecule has 3 nitrogen and oxygen atoms in total. The van der Waals surface area contributed by atoms with Gasteiger partial charge < -0.3 is 15.9 Å². The van der Waals surface area contributed by atoms with Gasteiger partial charge in [-0.3, -0.25) is 0 Å². The van der Waals surface area contributed by atoms with Crippen LogP contribution in [-0.2, 0) is 0 Å². The van der Waals surface area contributed by atoms with Crippen molar-refractivity contribution < 1.29 is 10.2 Å². The van der Waals surface area contributed by atoms with E-state index in [2.05, 4.69) is 6.92 Å². The van der Waals surface area contributed by atoms with Gasteiger partial charge >= 0.3 is 0 Å². The maximum Gasteiger partial charge on any atom is 0.166 e. The quantitative estimate of drug-likeness (QED) is 0.399. The highest BCUT2D eigenvalue weighted by atomic mass is 16.5. The minimum atomic E-state index is -1.35. The predicted molar refractivity (Wildman–Crippen MR) is 49.6 cm³/mol. The Morgan fingerprint density at radius 1 is 1.08 bits per heavy atom. The highest BCUT2D eigenvalue weighted by Gasteiger charge is 2.09. The maximum atomic E-state index is 8.65. The molecule has 3 heteroatoms. The van der Waals surface area contributed by atoms with Crippen LogP contribution in [0.2, 0.25) is 0 Å². The number of unbranched alkanes of at least 4 members (excludes halogenated alkanes) is 4. The SMILES string of the molecule is CCCCCCCC(N)C(O)O. The molecule has 0 rings (SSSR count). The van der Waals surface area contributed by atoms with Crippen LogP contribution in [0.4, 0.5) is 0 Å². The summed E-state index contributed by atoms with van der Waals surface area (Å²) in [6.45, 7) is 2.17. The number of hydrogen-bond donors (Lipinski definition) is 3. The number of aliphatic hydroxyl groups is 2. The fraction of sp³-hybridized carbons (Fsp3) is 1.00. The fourth-order valence-electron chi connectivity index (χ4n) is 1.13. The molecule has 0 saturated heterocycles. The molecule has 1 unspecified atom stereocenters. The number of aliphatic hydroxyl groups excluding tert-OH is 1. The summed E-state index contributed by atoms with van der Waals surface area (Å²) in [5.41, 5.74) is 5.43. The van der Waals surface area contributed by atoms with Gasteiger partial charge in [-0.25, -0.2) is 0 Å². The Hall–Kier alpha value is -0.120. The molecule has 0 fully saturated rings. The van der Waals surface area contributed by atoms with Crippen molar-refractivity contribution in [2.75, 3.05) is 0 Å². The number of rotatable bonds is 7. The van der Waals surface area contributed by atoms with Gasteiger partial charge in [-0.2, -0.15) is 0 Å². The second kappa shape index (κ2) is 7.53. The van der Waals surface area contributed by atoms with Crippen LogP contribution in [0.5, 0.6) is 0 Å². The van der Waals surface area contributed by atoms with Crippen molar-refractivity contribution in [3.8, 4) is 0 Å². The first-order valence-electron chi connectivity index (χ1n) is 4.80. The third-order valence-corrected chi connectivity index (χ3v) is 2.02. The van der Waals surface area contributed by atoms with E-state index in [-0.39, 0.29) is 0 Å². The summed E-state index contributed by atoms with van der Waals surface area (Å²) in [4.78, 5) is 0. The van der Waals surface area contributed by atoms with E-state index < -0.39 is 12.3 Å². The van der Waals surface area contributed by atoms with Gasteiger partial charge in [0.2, 0.25) is 0 Å². The molecular weight excluding hydrogens is 154 g/mol. The molecule has 0 aliphatic carbocycles. The lowest BCUT2D eigenvalue weighted by molar-refractivity contribution is -0.0599. The van der Waals surface area contributed by atoms with Crippen molar-refractivity contribution in [3.05, 3.63) is 0 Å². The largest absolute Gasteiger partial charge is 0.367 e. The van der Waals surface area contributed by atoms with Gasteiger partial charge in [0.05, 0.1) is 6.04 Å². The Kier molecular flexibility index (Phi) is 7.45. The Balaban J connectivity index is 3.08. The zero-order chi connectivity index (χ0) is 9.40. The van der Waals surface area contributed by atoms with E-state index >= 15 is 0 Å². The zero-order valence-corrected chi connectivity index (χ0v) is 7.87. The van der Waals surface area contributed by atoms with Crippen molar-refractivity contribution in [2.45, 2.75) is 57.8 Å². The van der Waals surface area contributed by atoms with Crippen LogP contribution < -0.4 is 5.73 Å². The summed E-state index contributed by atoms with van der Waals surface area (Å²) in [5.74, 6) is 0. The molecule has 12 heavy (non-hydrogen) atoms.